The second-order valence-corrected chi connectivity index (χ2v) is 5.01. The number of fused-ring (bicyclic) bond motifs is 1. The first-order valence-electron chi connectivity index (χ1n) is 6.83. The Kier molecular flexibility index (Phi) is 3.51. The maximum absolute atomic E-state index is 4.77. The van der Waals surface area contributed by atoms with Gasteiger partial charge in [0.15, 0.2) is 0 Å². The molecule has 1 atom stereocenters. The molecule has 0 aromatic carbocycles. The number of hydrogen-bond donors (Lipinski definition) is 1. The second-order valence-electron chi connectivity index (χ2n) is 5.01. The topological polar surface area (TPSA) is 37.8 Å². The minimum Gasteiger partial charge on any atom is -0.317 e. The van der Waals surface area contributed by atoms with Gasteiger partial charge in [0.2, 0.25) is 0 Å². The van der Waals surface area contributed by atoms with Gasteiger partial charge in [-0.2, -0.15) is 0 Å². The molecule has 1 aliphatic heterocycles. The summed E-state index contributed by atoms with van der Waals surface area (Å²) in [4.78, 5) is 9.37. The van der Waals surface area contributed by atoms with Crippen LogP contribution in [0.3, 0.4) is 0 Å². The molecular weight excluding hydrogens is 222 g/mol. The highest BCUT2D eigenvalue weighted by atomic mass is 14.9. The highest BCUT2D eigenvalue weighted by Gasteiger charge is 2.17. The third-order valence-electron chi connectivity index (χ3n) is 3.70. The molecule has 0 bridgehead atoms. The first-order valence-corrected chi connectivity index (χ1v) is 6.83. The smallest absolute Gasteiger partial charge is 0.132 e. The third-order valence-corrected chi connectivity index (χ3v) is 3.70. The van der Waals surface area contributed by atoms with Gasteiger partial charge in [-0.1, -0.05) is 18.2 Å². The van der Waals surface area contributed by atoms with Gasteiger partial charge in [0.1, 0.15) is 5.82 Å². The van der Waals surface area contributed by atoms with Crippen molar-refractivity contribution in [3.05, 3.63) is 41.5 Å². The summed E-state index contributed by atoms with van der Waals surface area (Å²) < 4.78 is 0. The van der Waals surface area contributed by atoms with E-state index in [1.165, 1.54) is 18.4 Å². The first kappa shape index (κ1) is 11.6. The third kappa shape index (κ3) is 2.51. The molecule has 3 nitrogen and oxygen atoms in total. The Balaban J connectivity index is 1.87. The number of hydrogen-bond acceptors (Lipinski definition) is 3. The molecule has 0 saturated carbocycles. The van der Waals surface area contributed by atoms with Gasteiger partial charge >= 0.3 is 0 Å². The summed E-state index contributed by atoms with van der Waals surface area (Å²) in [5.41, 5.74) is 2.33. The minimum absolute atomic E-state index is 0.523. The van der Waals surface area contributed by atoms with Crippen LogP contribution >= 0.6 is 0 Å². The van der Waals surface area contributed by atoms with E-state index >= 15 is 0 Å². The van der Waals surface area contributed by atoms with E-state index in [4.69, 9.17) is 4.98 Å². The summed E-state index contributed by atoms with van der Waals surface area (Å²) in [6.45, 7) is 2.22. The largest absolute Gasteiger partial charge is 0.317 e. The summed E-state index contributed by atoms with van der Waals surface area (Å²) >= 11 is 0. The van der Waals surface area contributed by atoms with E-state index in [-0.39, 0.29) is 0 Å². The van der Waals surface area contributed by atoms with Crippen LogP contribution in [0.25, 0.3) is 6.08 Å². The molecule has 2 aliphatic rings. The van der Waals surface area contributed by atoms with Crippen LogP contribution in [0.1, 0.15) is 42.3 Å². The van der Waals surface area contributed by atoms with Gasteiger partial charge in [0.25, 0.3) is 0 Å². The lowest BCUT2D eigenvalue weighted by molar-refractivity contribution is 0.573. The van der Waals surface area contributed by atoms with Crippen molar-refractivity contribution in [1.82, 2.24) is 15.3 Å². The lowest BCUT2D eigenvalue weighted by Crippen LogP contribution is -2.14. The summed E-state index contributed by atoms with van der Waals surface area (Å²) in [5.74, 6) is 1.55. The van der Waals surface area contributed by atoms with Crippen LogP contribution in [0.15, 0.2) is 24.4 Å². The predicted octanol–water partition coefficient (Wildman–Crippen LogP) is 2.46. The Labute approximate surface area is 108 Å². The number of nitrogens with one attached hydrogen (secondary N) is 1. The number of rotatable bonds is 1. The van der Waals surface area contributed by atoms with Gasteiger partial charge in [-0.25, -0.2) is 9.97 Å². The first-order chi connectivity index (χ1) is 8.93. The average Bonchev–Trinajstić information content (AvgIpc) is 2.80. The maximum Gasteiger partial charge on any atom is 0.132 e. The van der Waals surface area contributed by atoms with Crippen LogP contribution in [0.4, 0.5) is 0 Å². The quantitative estimate of drug-likeness (QED) is 0.820. The van der Waals surface area contributed by atoms with E-state index in [1.54, 1.807) is 0 Å². The van der Waals surface area contributed by atoms with Crippen LogP contribution in [0.2, 0.25) is 0 Å². The fourth-order valence-corrected chi connectivity index (χ4v) is 2.63. The van der Waals surface area contributed by atoms with Gasteiger partial charge < -0.3 is 5.32 Å². The van der Waals surface area contributed by atoms with E-state index in [2.05, 4.69) is 34.6 Å². The van der Waals surface area contributed by atoms with Gasteiger partial charge in [-0.05, 0) is 50.4 Å². The molecule has 1 N–H and O–H groups in total. The maximum atomic E-state index is 4.77. The van der Waals surface area contributed by atoms with Gasteiger partial charge in [0, 0.05) is 12.1 Å². The number of aromatic nitrogens is 2. The van der Waals surface area contributed by atoms with Crippen molar-refractivity contribution in [2.24, 2.45) is 0 Å². The molecule has 1 fully saturated rings. The highest BCUT2D eigenvalue weighted by Crippen LogP contribution is 2.24. The molecule has 0 radical (unpaired) electrons. The molecule has 0 spiro atoms. The zero-order valence-corrected chi connectivity index (χ0v) is 10.6. The second kappa shape index (κ2) is 5.44. The predicted molar refractivity (Wildman–Crippen MR) is 73.4 cm³/mol. The lowest BCUT2D eigenvalue weighted by Gasteiger charge is -2.13. The van der Waals surface area contributed by atoms with E-state index in [1.807, 2.05) is 6.20 Å². The Morgan fingerprint density at radius 1 is 1.17 bits per heavy atom. The van der Waals surface area contributed by atoms with Gasteiger partial charge in [0.05, 0.1) is 5.69 Å². The molecule has 1 unspecified atom stereocenters. The molecule has 18 heavy (non-hydrogen) atoms. The van der Waals surface area contributed by atoms with Crippen molar-refractivity contribution in [3.8, 4) is 0 Å². The van der Waals surface area contributed by atoms with Crippen LogP contribution < -0.4 is 5.32 Å². The van der Waals surface area contributed by atoms with E-state index in [9.17, 15) is 0 Å². The van der Waals surface area contributed by atoms with E-state index in [0.717, 1.165) is 37.4 Å². The van der Waals surface area contributed by atoms with Crippen LogP contribution in [-0.2, 0) is 6.42 Å². The highest BCUT2D eigenvalue weighted by molar-refractivity contribution is 5.53. The molecule has 3 rings (SSSR count). The summed E-state index contributed by atoms with van der Waals surface area (Å²) in [6.07, 6.45) is 14.9. The molecule has 3 heteroatoms. The number of allylic oxidation sites excluding steroid dienone is 3. The summed E-state index contributed by atoms with van der Waals surface area (Å²) in [5, 5.41) is 3.44. The van der Waals surface area contributed by atoms with Crippen LogP contribution in [0, 0.1) is 0 Å². The molecule has 2 heterocycles. The molecule has 1 saturated heterocycles. The Hall–Kier alpha value is -1.48. The zero-order valence-electron chi connectivity index (χ0n) is 10.6. The molecule has 1 aromatic heterocycles. The fraction of sp³-hybridized carbons (Fsp3) is 0.467. The van der Waals surface area contributed by atoms with Gasteiger partial charge in [-0.15, -0.1) is 0 Å². The van der Waals surface area contributed by atoms with Crippen molar-refractivity contribution in [3.63, 3.8) is 0 Å². The SMILES string of the molecule is C1=CCc2cnc(C3CCCNCC3)nc2C=C1. The lowest BCUT2D eigenvalue weighted by atomic mass is 9.99. The minimum atomic E-state index is 0.523. The van der Waals surface area contributed by atoms with Crippen molar-refractivity contribution < 1.29 is 0 Å². The molecule has 94 valence electrons. The standard InChI is InChI=1S/C15H19N3/c1-2-5-13-11-17-15(18-14(13)7-3-1)12-6-4-9-16-10-8-12/h1-3,7,11-12,16H,4-6,8-10H2. The average molecular weight is 241 g/mol. The monoisotopic (exact) mass is 241 g/mol. The summed E-state index contributed by atoms with van der Waals surface area (Å²) in [6, 6.07) is 0. The van der Waals surface area contributed by atoms with Crippen molar-refractivity contribution in [2.75, 3.05) is 13.1 Å². The van der Waals surface area contributed by atoms with Gasteiger partial charge in [-0.3, -0.25) is 0 Å². The van der Waals surface area contributed by atoms with Crippen LogP contribution in [0.5, 0.6) is 0 Å². The molecule has 1 aromatic rings. The molecular formula is C15H19N3. The Morgan fingerprint density at radius 2 is 2.17 bits per heavy atom. The Bertz CT molecular complexity index is 469. The summed E-state index contributed by atoms with van der Waals surface area (Å²) in [7, 11) is 0. The molecule has 0 amide bonds. The van der Waals surface area contributed by atoms with Crippen molar-refractivity contribution in [2.45, 2.75) is 31.6 Å². The van der Waals surface area contributed by atoms with E-state index < -0.39 is 0 Å². The number of nitrogens with zero attached hydrogens (tertiary/aromatic N) is 2. The van der Waals surface area contributed by atoms with Crippen molar-refractivity contribution >= 4 is 6.08 Å². The molecule has 1 aliphatic carbocycles. The van der Waals surface area contributed by atoms with E-state index in [0.29, 0.717) is 5.92 Å². The van der Waals surface area contributed by atoms with Crippen molar-refractivity contribution in [1.29, 1.82) is 0 Å². The Morgan fingerprint density at radius 3 is 3.17 bits per heavy atom. The normalized spacial score (nSPS) is 23.2. The zero-order chi connectivity index (χ0) is 12.2. The van der Waals surface area contributed by atoms with Crippen LogP contribution in [-0.4, -0.2) is 23.1 Å². The fourth-order valence-electron chi connectivity index (χ4n) is 2.63.